The summed E-state index contributed by atoms with van der Waals surface area (Å²) in [7, 11) is 0. The molecule has 2 heteroatoms. The van der Waals surface area contributed by atoms with E-state index < -0.39 is 0 Å². The fourth-order valence-corrected chi connectivity index (χ4v) is 6.74. The molecule has 0 amide bonds. The van der Waals surface area contributed by atoms with Crippen molar-refractivity contribution in [3.63, 3.8) is 0 Å². The molecule has 0 saturated heterocycles. The van der Waals surface area contributed by atoms with Crippen molar-refractivity contribution in [3.8, 4) is 0 Å². The van der Waals surface area contributed by atoms with E-state index in [4.69, 9.17) is 11.5 Å². The molecular weight excluding hydrogens is 460 g/mol. The summed E-state index contributed by atoms with van der Waals surface area (Å²) in [6.45, 7) is 8.65. The van der Waals surface area contributed by atoms with Crippen LogP contribution in [0.15, 0.2) is 0 Å². The molecule has 1 atom stereocenters. The third-order valence-electron chi connectivity index (χ3n) is 9.32. The van der Waals surface area contributed by atoms with Gasteiger partial charge in [0.1, 0.15) is 0 Å². The Morgan fingerprint density at radius 1 is 0.421 bits per heavy atom. The van der Waals surface area contributed by atoms with Gasteiger partial charge >= 0.3 is 0 Å². The van der Waals surface area contributed by atoms with Crippen LogP contribution in [0.3, 0.4) is 0 Å². The second-order valence-corrected chi connectivity index (χ2v) is 13.1. The Morgan fingerprint density at radius 2 is 0.763 bits per heavy atom. The van der Waals surface area contributed by atoms with Crippen molar-refractivity contribution in [1.29, 1.82) is 0 Å². The molecule has 4 N–H and O–H groups in total. The van der Waals surface area contributed by atoms with Gasteiger partial charge in [-0.15, -0.1) is 0 Å². The van der Waals surface area contributed by atoms with Crippen molar-refractivity contribution in [2.24, 2.45) is 22.8 Å². The molecule has 230 valence electrons. The summed E-state index contributed by atoms with van der Waals surface area (Å²) in [5, 5.41) is 0. The summed E-state index contributed by atoms with van der Waals surface area (Å²) >= 11 is 0. The summed E-state index contributed by atoms with van der Waals surface area (Å²) in [6, 6.07) is 0. The highest BCUT2D eigenvalue weighted by Crippen LogP contribution is 2.42. The second-order valence-electron chi connectivity index (χ2n) is 13.1. The number of unbranched alkanes of at least 4 members (excludes halogenated alkanes) is 21. The summed E-state index contributed by atoms with van der Waals surface area (Å²) in [6.07, 6.45) is 40.6. The lowest BCUT2D eigenvalue weighted by atomic mass is 9.69. The van der Waals surface area contributed by atoms with E-state index in [2.05, 4.69) is 20.8 Å². The zero-order chi connectivity index (χ0) is 28.0. The van der Waals surface area contributed by atoms with Crippen LogP contribution in [0.1, 0.15) is 207 Å². The fourth-order valence-electron chi connectivity index (χ4n) is 6.74. The summed E-state index contributed by atoms with van der Waals surface area (Å²) < 4.78 is 0. The van der Waals surface area contributed by atoms with Crippen LogP contribution >= 0.6 is 0 Å². The van der Waals surface area contributed by atoms with Crippen molar-refractivity contribution in [3.05, 3.63) is 0 Å². The molecule has 1 unspecified atom stereocenters. The zero-order valence-electron chi connectivity index (χ0n) is 27.2. The molecule has 0 spiro atoms. The Bertz CT molecular complexity index is 415. The van der Waals surface area contributed by atoms with Gasteiger partial charge in [0.25, 0.3) is 0 Å². The van der Waals surface area contributed by atoms with Crippen molar-refractivity contribution in [1.82, 2.24) is 0 Å². The van der Waals surface area contributed by atoms with Crippen molar-refractivity contribution < 1.29 is 0 Å². The second kappa shape index (κ2) is 29.9. The molecule has 2 nitrogen and oxygen atoms in total. The van der Waals surface area contributed by atoms with Gasteiger partial charge in [0.05, 0.1) is 0 Å². The highest BCUT2D eigenvalue weighted by molar-refractivity contribution is 4.83. The van der Waals surface area contributed by atoms with E-state index >= 15 is 0 Å². The van der Waals surface area contributed by atoms with Crippen molar-refractivity contribution >= 4 is 0 Å². The molecular formula is C36H76N2. The predicted octanol–water partition coefficient (Wildman–Crippen LogP) is 11.9. The smallest absolute Gasteiger partial charge is 0.00487 e. The van der Waals surface area contributed by atoms with Crippen LogP contribution < -0.4 is 11.5 Å². The number of nitrogens with two attached hydrogens (primary N) is 2. The van der Waals surface area contributed by atoms with Crippen LogP contribution in [0.5, 0.6) is 0 Å². The molecule has 0 heterocycles. The first-order valence-electron chi connectivity index (χ1n) is 18.1. The average Bonchev–Trinajstić information content (AvgIpc) is 2.92. The van der Waals surface area contributed by atoms with Gasteiger partial charge in [0.2, 0.25) is 0 Å². The van der Waals surface area contributed by atoms with Gasteiger partial charge in [0, 0.05) is 0 Å². The van der Waals surface area contributed by atoms with Crippen LogP contribution in [-0.2, 0) is 0 Å². The van der Waals surface area contributed by atoms with Crippen molar-refractivity contribution in [2.45, 2.75) is 207 Å². The lowest BCUT2D eigenvalue weighted by Crippen LogP contribution is -2.30. The first-order chi connectivity index (χ1) is 18.7. The molecule has 0 aliphatic carbocycles. The van der Waals surface area contributed by atoms with Gasteiger partial charge in [-0.1, -0.05) is 175 Å². The standard InChI is InChI=1S/C36H76N2/c1-4-7-10-13-16-19-22-25-28-35(34-38)33-36(31-32-37,29-26-23-20-17-14-11-8-5-2)30-27-24-21-18-15-12-9-6-3/h35H,4-34,37-38H2,1-3H3. The maximum Gasteiger partial charge on any atom is -0.00487 e. The molecule has 0 aromatic carbocycles. The molecule has 0 bridgehead atoms. The minimum atomic E-state index is 0.448. The topological polar surface area (TPSA) is 52.0 Å². The molecule has 0 fully saturated rings. The third-order valence-corrected chi connectivity index (χ3v) is 9.32. The lowest BCUT2D eigenvalue weighted by Gasteiger charge is -2.37. The highest BCUT2D eigenvalue weighted by Gasteiger charge is 2.31. The van der Waals surface area contributed by atoms with E-state index in [0.29, 0.717) is 11.3 Å². The monoisotopic (exact) mass is 537 g/mol. The number of hydrogen-bond acceptors (Lipinski definition) is 2. The number of rotatable bonds is 32. The molecule has 0 saturated carbocycles. The normalized spacial score (nSPS) is 12.9. The van der Waals surface area contributed by atoms with Gasteiger partial charge in [-0.25, -0.2) is 0 Å². The molecule has 38 heavy (non-hydrogen) atoms. The minimum absolute atomic E-state index is 0.448. The third kappa shape index (κ3) is 23.8. The molecule has 0 aliphatic heterocycles. The van der Waals surface area contributed by atoms with Crippen LogP contribution in [0.4, 0.5) is 0 Å². The molecule has 0 aromatic rings. The van der Waals surface area contributed by atoms with Crippen LogP contribution in [0, 0.1) is 11.3 Å². The van der Waals surface area contributed by atoms with Gasteiger partial charge in [-0.05, 0) is 56.5 Å². The quantitative estimate of drug-likeness (QED) is 0.0840. The maximum absolute atomic E-state index is 6.41. The zero-order valence-corrected chi connectivity index (χ0v) is 27.2. The van der Waals surface area contributed by atoms with E-state index in [1.807, 2.05) is 0 Å². The van der Waals surface area contributed by atoms with E-state index in [0.717, 1.165) is 13.1 Å². The minimum Gasteiger partial charge on any atom is -0.330 e. The van der Waals surface area contributed by atoms with E-state index in [1.165, 1.54) is 186 Å². The molecule has 0 aromatic heterocycles. The Hall–Kier alpha value is -0.0800. The average molecular weight is 537 g/mol. The van der Waals surface area contributed by atoms with Gasteiger partial charge in [-0.2, -0.15) is 0 Å². The lowest BCUT2D eigenvalue weighted by molar-refractivity contribution is 0.150. The Kier molecular flexibility index (Phi) is 29.8. The fraction of sp³-hybridized carbons (Fsp3) is 1.00. The van der Waals surface area contributed by atoms with E-state index in [1.54, 1.807) is 0 Å². The van der Waals surface area contributed by atoms with Gasteiger partial charge in [0.15, 0.2) is 0 Å². The Labute approximate surface area is 242 Å². The summed E-state index contributed by atoms with van der Waals surface area (Å²) in [5.41, 5.74) is 13.1. The molecule has 0 radical (unpaired) electrons. The summed E-state index contributed by atoms with van der Waals surface area (Å²) in [4.78, 5) is 0. The Balaban J connectivity index is 4.69. The predicted molar refractivity (Wildman–Crippen MR) is 175 cm³/mol. The number of hydrogen-bond donors (Lipinski definition) is 2. The molecule has 0 rings (SSSR count). The van der Waals surface area contributed by atoms with Crippen LogP contribution in [-0.4, -0.2) is 13.1 Å². The van der Waals surface area contributed by atoms with E-state index in [-0.39, 0.29) is 0 Å². The largest absolute Gasteiger partial charge is 0.330 e. The van der Waals surface area contributed by atoms with Gasteiger partial charge < -0.3 is 11.5 Å². The van der Waals surface area contributed by atoms with Crippen LogP contribution in [0.2, 0.25) is 0 Å². The highest BCUT2D eigenvalue weighted by atomic mass is 14.6. The SMILES string of the molecule is CCCCCCCCCCC(CN)CC(CCN)(CCCCCCCCCC)CCCCCCCCCC. The maximum atomic E-state index is 6.41. The molecule has 0 aliphatic rings. The van der Waals surface area contributed by atoms with Crippen LogP contribution in [0.25, 0.3) is 0 Å². The Morgan fingerprint density at radius 3 is 1.11 bits per heavy atom. The summed E-state index contributed by atoms with van der Waals surface area (Å²) in [5.74, 6) is 0.699. The first-order valence-corrected chi connectivity index (χ1v) is 18.1. The van der Waals surface area contributed by atoms with E-state index in [9.17, 15) is 0 Å². The first kappa shape index (κ1) is 37.9. The van der Waals surface area contributed by atoms with Gasteiger partial charge in [-0.3, -0.25) is 0 Å². The van der Waals surface area contributed by atoms with Crippen molar-refractivity contribution in [2.75, 3.05) is 13.1 Å².